The predicted octanol–water partition coefficient (Wildman–Crippen LogP) is 2.13. The maximum Gasteiger partial charge on any atom is 0.292 e. The van der Waals surface area contributed by atoms with Gasteiger partial charge in [0.05, 0.1) is 17.4 Å². The number of rotatable bonds is 3. The lowest BCUT2D eigenvalue weighted by Crippen LogP contribution is -2.39. The van der Waals surface area contributed by atoms with Crippen molar-refractivity contribution in [3.05, 3.63) is 46.8 Å². The lowest BCUT2D eigenvalue weighted by atomic mass is 9.99. The summed E-state index contributed by atoms with van der Waals surface area (Å²) >= 11 is 0. The van der Waals surface area contributed by atoms with E-state index in [4.69, 9.17) is 15.8 Å². The Hall–Kier alpha value is -3.47. The van der Waals surface area contributed by atoms with Crippen LogP contribution in [0.3, 0.4) is 0 Å². The number of hydrogen-bond donors (Lipinski definition) is 3. The molecule has 2 fully saturated rings. The van der Waals surface area contributed by atoms with Gasteiger partial charge in [-0.25, -0.2) is 9.50 Å². The number of hydrogen-bond acceptors (Lipinski definition) is 7. The number of amides is 1. The summed E-state index contributed by atoms with van der Waals surface area (Å²) in [5.41, 5.74) is 10.4. The van der Waals surface area contributed by atoms with Crippen molar-refractivity contribution >= 4 is 17.4 Å². The van der Waals surface area contributed by atoms with E-state index >= 15 is 0 Å². The summed E-state index contributed by atoms with van der Waals surface area (Å²) in [5, 5.41) is 15.8. The number of aryl methyl sites for hydroxylation is 3. The van der Waals surface area contributed by atoms with Gasteiger partial charge in [-0.2, -0.15) is 15.4 Å². The van der Waals surface area contributed by atoms with Crippen LogP contribution in [0, 0.1) is 20.8 Å². The molecule has 4 N–H and O–H groups in total. The number of aromatic nitrogens is 7. The van der Waals surface area contributed by atoms with E-state index in [0.717, 1.165) is 72.9 Å². The molecule has 5 heterocycles. The summed E-state index contributed by atoms with van der Waals surface area (Å²) in [6.45, 7) is 8.18. The third-order valence-corrected chi connectivity index (χ3v) is 6.59. The van der Waals surface area contributed by atoms with Gasteiger partial charge in [0, 0.05) is 49.2 Å². The smallest absolute Gasteiger partial charge is 0.292 e. The topological polar surface area (TPSA) is 137 Å². The van der Waals surface area contributed by atoms with Gasteiger partial charge in [0.25, 0.3) is 5.91 Å². The van der Waals surface area contributed by atoms with Gasteiger partial charge < -0.3 is 20.5 Å². The molecule has 3 aromatic heterocycles. The van der Waals surface area contributed by atoms with Crippen LogP contribution in [0.4, 0.5) is 5.82 Å². The Labute approximate surface area is 198 Å². The molecule has 0 spiro atoms. The molecule has 11 nitrogen and oxygen atoms in total. The Balaban J connectivity index is 1.47. The minimum Gasteiger partial charge on any atom is -0.355 e. The SMILES string of the molecule is Cc1cc(C)[nH]c(C(=O)N2CCCC[C@H]2c2cc3nc(N4CC[C@H](N)C4)c(C)cn3n2)n[nH]n1. The largest absolute Gasteiger partial charge is 0.355 e. The minimum atomic E-state index is -0.173. The first-order valence-electron chi connectivity index (χ1n) is 11.9. The first-order valence-corrected chi connectivity index (χ1v) is 11.9. The van der Waals surface area contributed by atoms with Crippen molar-refractivity contribution in [2.75, 3.05) is 24.5 Å². The molecule has 0 bridgehead atoms. The summed E-state index contributed by atoms with van der Waals surface area (Å²) in [5.74, 6) is 1.01. The normalized spacial score (nSPS) is 20.7. The molecular weight excluding hydrogens is 432 g/mol. The summed E-state index contributed by atoms with van der Waals surface area (Å²) in [4.78, 5) is 25.6. The van der Waals surface area contributed by atoms with Crippen molar-refractivity contribution in [1.82, 2.24) is 39.9 Å². The molecule has 2 atom stereocenters. The van der Waals surface area contributed by atoms with Crippen molar-refractivity contribution in [3.63, 3.8) is 0 Å². The summed E-state index contributed by atoms with van der Waals surface area (Å²) < 4.78 is 1.82. The maximum absolute atomic E-state index is 13.5. The van der Waals surface area contributed by atoms with Crippen LogP contribution < -0.4 is 10.6 Å². The van der Waals surface area contributed by atoms with Gasteiger partial charge in [-0.05, 0) is 52.5 Å². The highest BCUT2D eigenvalue weighted by Gasteiger charge is 2.32. The lowest BCUT2D eigenvalue weighted by Gasteiger charge is -2.34. The number of carbonyl (C=O) groups excluding carboxylic acids is 1. The molecule has 2 aliphatic rings. The van der Waals surface area contributed by atoms with E-state index in [2.05, 4.69) is 32.2 Å². The van der Waals surface area contributed by atoms with Crippen molar-refractivity contribution in [3.8, 4) is 0 Å². The first kappa shape index (κ1) is 22.3. The van der Waals surface area contributed by atoms with Gasteiger partial charge in [-0.1, -0.05) is 0 Å². The van der Waals surface area contributed by atoms with Crippen molar-refractivity contribution in [2.24, 2.45) is 5.73 Å². The summed E-state index contributed by atoms with van der Waals surface area (Å²) in [7, 11) is 0. The lowest BCUT2D eigenvalue weighted by molar-refractivity contribution is 0.0591. The highest BCUT2D eigenvalue weighted by Crippen LogP contribution is 2.32. The molecule has 0 aliphatic carbocycles. The number of nitrogens with two attached hydrogens (primary N) is 1. The van der Waals surface area contributed by atoms with Crippen LogP contribution in [0.5, 0.6) is 0 Å². The molecule has 0 saturated carbocycles. The first-order chi connectivity index (χ1) is 16.4. The number of piperidine rings is 1. The fraction of sp³-hybridized carbons (Fsp3) is 0.522. The van der Waals surface area contributed by atoms with Crippen LogP contribution >= 0.6 is 0 Å². The molecule has 3 aromatic rings. The van der Waals surface area contributed by atoms with Crippen molar-refractivity contribution in [1.29, 1.82) is 0 Å². The maximum atomic E-state index is 13.5. The van der Waals surface area contributed by atoms with E-state index < -0.39 is 0 Å². The van der Waals surface area contributed by atoms with Crippen LogP contribution in [0.25, 0.3) is 5.65 Å². The Kier molecular flexibility index (Phi) is 5.94. The highest BCUT2D eigenvalue weighted by molar-refractivity contribution is 5.90. The second kappa shape index (κ2) is 9.05. The summed E-state index contributed by atoms with van der Waals surface area (Å²) in [6.07, 6.45) is 5.81. The zero-order valence-electron chi connectivity index (χ0n) is 20.0. The van der Waals surface area contributed by atoms with E-state index in [9.17, 15) is 4.79 Å². The monoisotopic (exact) mass is 464 g/mol. The van der Waals surface area contributed by atoms with Gasteiger partial charge >= 0.3 is 0 Å². The van der Waals surface area contributed by atoms with E-state index in [0.29, 0.717) is 6.54 Å². The quantitative estimate of drug-likeness (QED) is 0.540. The molecule has 2 saturated heterocycles. The fourth-order valence-corrected chi connectivity index (χ4v) is 4.95. The Bertz CT molecular complexity index is 1260. The molecule has 180 valence electrons. The minimum absolute atomic E-state index is 0.142. The second-order valence-corrected chi connectivity index (χ2v) is 9.39. The number of anilines is 1. The Morgan fingerprint density at radius 2 is 1.97 bits per heavy atom. The molecule has 2 aliphatic heterocycles. The standard InChI is InChI=1S/C23H32N10O/c1-14-12-33-20(26-22(14)31-9-7-17(24)13-31)11-18(29-33)19-6-4-5-8-32(19)23(34)21-25-15(2)10-16(3)27-30-28-21/h10-12,17,19,30H,4-9,13,24H2,1-3H3,(H,25,28)/t17-,19-/m0/s1. The van der Waals surface area contributed by atoms with E-state index in [1.165, 1.54) is 0 Å². The van der Waals surface area contributed by atoms with Gasteiger partial charge in [-0.3, -0.25) is 4.79 Å². The van der Waals surface area contributed by atoms with E-state index in [1.54, 1.807) is 0 Å². The average Bonchev–Trinajstić information content (AvgIpc) is 3.41. The molecule has 0 radical (unpaired) electrons. The number of H-pyrrole nitrogens is 2. The van der Waals surface area contributed by atoms with Crippen LogP contribution in [-0.2, 0) is 0 Å². The van der Waals surface area contributed by atoms with Crippen molar-refractivity contribution < 1.29 is 4.79 Å². The highest BCUT2D eigenvalue weighted by atomic mass is 16.2. The van der Waals surface area contributed by atoms with Gasteiger partial charge in [0.2, 0.25) is 5.82 Å². The third-order valence-electron chi connectivity index (χ3n) is 6.59. The van der Waals surface area contributed by atoms with Gasteiger partial charge in [0.1, 0.15) is 5.82 Å². The number of carbonyl (C=O) groups is 1. The fourth-order valence-electron chi connectivity index (χ4n) is 4.95. The zero-order valence-corrected chi connectivity index (χ0v) is 20.0. The van der Waals surface area contributed by atoms with Crippen LogP contribution in [0.1, 0.15) is 65.0 Å². The van der Waals surface area contributed by atoms with Crippen molar-refractivity contribution in [2.45, 2.75) is 58.5 Å². The van der Waals surface area contributed by atoms with Crippen LogP contribution in [0.2, 0.25) is 0 Å². The molecule has 0 unspecified atom stereocenters. The average molecular weight is 465 g/mol. The number of aromatic amines is 2. The van der Waals surface area contributed by atoms with E-state index in [-0.39, 0.29) is 23.8 Å². The molecule has 1 amide bonds. The molecule has 11 heteroatoms. The van der Waals surface area contributed by atoms with E-state index in [1.807, 2.05) is 41.6 Å². The Morgan fingerprint density at radius 1 is 1.12 bits per heavy atom. The number of fused-ring (bicyclic) bond motifs is 1. The zero-order chi connectivity index (χ0) is 23.8. The molecule has 5 rings (SSSR count). The predicted molar refractivity (Wildman–Crippen MR) is 128 cm³/mol. The Morgan fingerprint density at radius 3 is 2.76 bits per heavy atom. The van der Waals surface area contributed by atoms with Crippen LogP contribution in [0.15, 0.2) is 18.3 Å². The van der Waals surface area contributed by atoms with Gasteiger partial charge in [-0.15, -0.1) is 5.10 Å². The number of nitrogens with one attached hydrogen (secondary N) is 2. The second-order valence-electron chi connectivity index (χ2n) is 9.39. The van der Waals surface area contributed by atoms with Crippen LogP contribution in [-0.4, -0.2) is 71.5 Å². The molecular formula is C23H32N10O. The van der Waals surface area contributed by atoms with Gasteiger partial charge in [0.15, 0.2) is 5.65 Å². The number of likely N-dealkylation sites (tertiary alicyclic amines) is 1. The molecule has 34 heavy (non-hydrogen) atoms. The summed E-state index contributed by atoms with van der Waals surface area (Å²) in [6, 6.07) is 3.91. The number of nitrogens with zero attached hydrogens (tertiary/aromatic N) is 7. The molecule has 0 aromatic carbocycles. The third kappa shape index (κ3) is 4.35.